The number of hydrogen-bond acceptors (Lipinski definition) is 4. The van der Waals surface area contributed by atoms with E-state index < -0.39 is 24.9 Å². The second-order valence-corrected chi connectivity index (χ2v) is 22.0. The smallest absolute Gasteiger partial charge is 0.311 e. The van der Waals surface area contributed by atoms with Gasteiger partial charge in [0.25, 0.3) is 0 Å². The molecule has 1 aliphatic heterocycles. The van der Waals surface area contributed by atoms with Gasteiger partial charge >= 0.3 is 5.97 Å². The highest BCUT2D eigenvalue weighted by Crippen LogP contribution is 2.58. The largest absolute Gasteiger partial charge is 0.485 e. The summed E-state index contributed by atoms with van der Waals surface area (Å²) in [4.78, 5) is 12.6. The zero-order chi connectivity index (χ0) is 31.8. The Morgan fingerprint density at radius 2 is 1.67 bits per heavy atom. The van der Waals surface area contributed by atoms with Crippen molar-refractivity contribution in [3.8, 4) is 5.75 Å². The van der Waals surface area contributed by atoms with E-state index in [0.717, 1.165) is 30.3 Å². The topological polar surface area (TPSA) is 44.8 Å². The number of alkyl halides is 1. The van der Waals surface area contributed by atoms with Gasteiger partial charge in [-0.2, -0.15) is 0 Å². The molecular weight excluding hydrogens is 604 g/mol. The third-order valence-corrected chi connectivity index (χ3v) is 15.3. The van der Waals surface area contributed by atoms with Crippen molar-refractivity contribution >= 4 is 30.2 Å². The van der Waals surface area contributed by atoms with Crippen LogP contribution in [0.2, 0.25) is 18.1 Å². The molecule has 2 aliphatic rings. The summed E-state index contributed by atoms with van der Waals surface area (Å²) >= 11 is 3.56. The summed E-state index contributed by atoms with van der Waals surface area (Å²) in [6.07, 6.45) is 9.98. The Kier molecular flexibility index (Phi) is 10.7. The predicted molar refractivity (Wildman–Crippen MR) is 183 cm³/mol. The minimum atomic E-state index is -2.17. The average Bonchev–Trinajstić information content (AvgIpc) is 2.85. The van der Waals surface area contributed by atoms with Crippen LogP contribution in [0.5, 0.6) is 5.75 Å². The molecular formula is C36H59BrO4Si. The van der Waals surface area contributed by atoms with Crippen molar-refractivity contribution in [2.24, 2.45) is 5.41 Å². The van der Waals surface area contributed by atoms with Crippen molar-refractivity contribution in [3.05, 3.63) is 41.0 Å². The lowest BCUT2D eigenvalue weighted by Crippen LogP contribution is -2.66. The average molecular weight is 664 g/mol. The number of unbranched alkanes of at least 4 members (excludes halogenated alkanes) is 3. The number of hydrogen-bond donors (Lipinski definition) is 0. The van der Waals surface area contributed by atoms with Crippen LogP contribution in [-0.4, -0.2) is 37.4 Å². The van der Waals surface area contributed by atoms with Gasteiger partial charge in [-0.05, 0) is 101 Å². The monoisotopic (exact) mass is 662 g/mol. The fraction of sp³-hybridized carbons (Fsp3) is 0.750. The van der Waals surface area contributed by atoms with E-state index in [2.05, 4.69) is 102 Å². The van der Waals surface area contributed by atoms with Gasteiger partial charge in [0.15, 0.2) is 8.32 Å². The van der Waals surface area contributed by atoms with Crippen LogP contribution in [0.15, 0.2) is 29.8 Å². The molecule has 0 N–H and O–H groups in total. The molecule has 0 bridgehead atoms. The summed E-state index contributed by atoms with van der Waals surface area (Å²) in [6, 6.07) is 6.95. The second-order valence-electron chi connectivity index (χ2n) is 16.5. The Hall–Kier alpha value is -1.11. The van der Waals surface area contributed by atoms with Crippen LogP contribution in [0, 0.1) is 5.41 Å². The van der Waals surface area contributed by atoms with E-state index in [4.69, 9.17) is 13.9 Å². The van der Waals surface area contributed by atoms with Crippen molar-refractivity contribution in [1.82, 2.24) is 0 Å². The maximum Gasteiger partial charge on any atom is 0.311 e. The number of fused-ring (bicyclic) bond motifs is 3. The summed E-state index contributed by atoms with van der Waals surface area (Å²) in [5.41, 5.74) is 2.23. The molecule has 42 heavy (non-hydrogen) atoms. The van der Waals surface area contributed by atoms with E-state index >= 15 is 0 Å². The first-order valence-electron chi connectivity index (χ1n) is 16.1. The number of halogens is 1. The Balaban J connectivity index is 2.01. The van der Waals surface area contributed by atoms with Crippen LogP contribution in [-0.2, 0) is 19.4 Å². The van der Waals surface area contributed by atoms with Crippen LogP contribution < -0.4 is 4.74 Å². The molecule has 0 amide bonds. The molecule has 0 aromatic heterocycles. The van der Waals surface area contributed by atoms with E-state index in [0.29, 0.717) is 6.61 Å². The molecule has 0 spiro atoms. The minimum absolute atomic E-state index is 0.0667. The molecule has 1 aromatic carbocycles. The highest BCUT2D eigenvalue weighted by atomic mass is 79.9. The van der Waals surface area contributed by atoms with Crippen LogP contribution >= 0.6 is 15.9 Å². The lowest BCUT2D eigenvalue weighted by atomic mass is 9.63. The van der Waals surface area contributed by atoms with E-state index in [1.165, 1.54) is 42.4 Å². The van der Waals surface area contributed by atoms with E-state index in [1.54, 1.807) is 0 Å². The van der Waals surface area contributed by atoms with Gasteiger partial charge in [-0.25, -0.2) is 0 Å². The van der Waals surface area contributed by atoms with Gasteiger partial charge in [0.05, 0.1) is 5.41 Å². The zero-order valence-electron chi connectivity index (χ0n) is 28.8. The van der Waals surface area contributed by atoms with Gasteiger partial charge in [-0.15, -0.1) is 0 Å². The fourth-order valence-electron chi connectivity index (χ4n) is 6.16. The summed E-state index contributed by atoms with van der Waals surface area (Å²) in [7, 11) is -2.17. The first-order chi connectivity index (χ1) is 19.2. The Morgan fingerprint density at radius 1 is 1.02 bits per heavy atom. The van der Waals surface area contributed by atoms with Gasteiger partial charge < -0.3 is 13.9 Å². The predicted octanol–water partition coefficient (Wildman–Crippen LogP) is 10.6. The fourth-order valence-corrected chi connectivity index (χ4v) is 8.25. The van der Waals surface area contributed by atoms with Crippen molar-refractivity contribution in [3.63, 3.8) is 0 Å². The molecule has 1 heterocycles. The first-order valence-corrected chi connectivity index (χ1v) is 20.1. The summed E-state index contributed by atoms with van der Waals surface area (Å²) in [6.45, 7) is 26.8. The molecule has 238 valence electrons. The molecule has 6 heteroatoms. The molecule has 0 fully saturated rings. The molecule has 3 rings (SSSR count). The molecule has 1 aromatic rings. The number of benzene rings is 1. The molecule has 2 atom stereocenters. The Labute approximate surface area is 267 Å². The lowest BCUT2D eigenvalue weighted by Gasteiger charge is -2.59. The number of carbonyl (C=O) groups excluding carboxylic acids is 1. The number of rotatable bonds is 11. The van der Waals surface area contributed by atoms with Crippen LogP contribution in [0.25, 0.3) is 0 Å². The lowest BCUT2D eigenvalue weighted by molar-refractivity contribution is -0.152. The Bertz CT molecular complexity index is 1140. The standard InChI is InChI=1S/C36H59BrO4Si/c1-32(2,3)31(38)39-25-26-19-21-36(41-42(11,12)33(4,5)6)29(23-26)28-18-17-27(24-30(28)40-35(36,9)10)34(7,8)20-15-13-14-16-22-37/h17-19,24,29H,13-16,20-23,25H2,1-12H3/t29-,36-/m1/s1. The van der Waals surface area contributed by atoms with Gasteiger partial charge in [-0.1, -0.05) is 88.0 Å². The van der Waals surface area contributed by atoms with Crippen LogP contribution in [0.1, 0.15) is 131 Å². The molecule has 1 aliphatic carbocycles. The highest BCUT2D eigenvalue weighted by Gasteiger charge is 2.61. The quantitative estimate of drug-likeness (QED) is 0.0777. The maximum absolute atomic E-state index is 12.6. The summed E-state index contributed by atoms with van der Waals surface area (Å²) in [5, 5.41) is 1.16. The second kappa shape index (κ2) is 12.7. The van der Waals surface area contributed by atoms with Crippen molar-refractivity contribution < 1.29 is 18.7 Å². The van der Waals surface area contributed by atoms with Crippen molar-refractivity contribution in [2.45, 2.75) is 155 Å². The van der Waals surface area contributed by atoms with Gasteiger partial charge in [0, 0.05) is 16.8 Å². The van der Waals surface area contributed by atoms with E-state index in [-0.39, 0.29) is 22.3 Å². The van der Waals surface area contributed by atoms with E-state index in [1.807, 2.05) is 20.8 Å². The van der Waals surface area contributed by atoms with E-state index in [9.17, 15) is 4.79 Å². The SMILES string of the molecule is CC(C)(C)C(=O)OCC1=CC[C@@]2(O[Si](C)(C)C(C)(C)C)[C@H](C1)c1ccc(C(C)(C)CCCCCCBr)cc1OC2(C)C. The number of carbonyl (C=O) groups is 1. The normalized spacial score (nSPS) is 22.5. The van der Waals surface area contributed by atoms with Crippen molar-refractivity contribution in [2.75, 3.05) is 11.9 Å². The van der Waals surface area contributed by atoms with Crippen molar-refractivity contribution in [1.29, 1.82) is 0 Å². The Morgan fingerprint density at radius 3 is 2.26 bits per heavy atom. The highest BCUT2D eigenvalue weighted by molar-refractivity contribution is 9.09. The molecule has 0 radical (unpaired) electrons. The molecule has 0 unspecified atom stereocenters. The van der Waals surface area contributed by atoms with Gasteiger partial charge in [0.1, 0.15) is 23.6 Å². The molecule has 0 saturated heterocycles. The molecule has 0 saturated carbocycles. The first kappa shape index (κ1) is 35.4. The van der Waals surface area contributed by atoms with Crippen LogP contribution in [0.3, 0.4) is 0 Å². The number of esters is 1. The minimum Gasteiger partial charge on any atom is -0.485 e. The third kappa shape index (κ3) is 7.57. The summed E-state index contributed by atoms with van der Waals surface area (Å²) < 4.78 is 20.3. The van der Waals surface area contributed by atoms with Crippen LogP contribution in [0.4, 0.5) is 0 Å². The van der Waals surface area contributed by atoms with Gasteiger partial charge in [-0.3, -0.25) is 4.79 Å². The third-order valence-electron chi connectivity index (χ3n) is 10.2. The zero-order valence-corrected chi connectivity index (χ0v) is 31.3. The molecule has 4 nitrogen and oxygen atoms in total. The van der Waals surface area contributed by atoms with Gasteiger partial charge in [0.2, 0.25) is 0 Å². The maximum atomic E-state index is 12.6. The summed E-state index contributed by atoms with van der Waals surface area (Å²) in [5.74, 6) is 0.932. The number of ether oxygens (including phenoxy) is 2.